The number of anilines is 2. The number of fused-ring (bicyclic) bond motifs is 1. The third-order valence-corrected chi connectivity index (χ3v) is 6.58. The number of nitrogens with zero attached hydrogens (tertiary/aromatic N) is 5. The van der Waals surface area contributed by atoms with Gasteiger partial charge in [-0.05, 0) is 58.9 Å². The first-order valence-electron chi connectivity index (χ1n) is 9.42. The monoisotopic (exact) mass is 616 g/mol. The topological polar surface area (TPSA) is 204 Å². The smallest absolute Gasteiger partial charge is 0.296 e. The quantitative estimate of drug-likeness (QED) is 0.139. The molecule has 0 amide bonds. The molecule has 0 unspecified atom stereocenters. The van der Waals surface area contributed by atoms with Gasteiger partial charge in [0, 0.05) is 64.5 Å². The van der Waals surface area contributed by atoms with E-state index in [4.69, 9.17) is 23.2 Å². The summed E-state index contributed by atoms with van der Waals surface area (Å²) in [5.74, 6) is -1.09. The SMILES string of the molecule is O=S(=O)(O)c1cc(Nc2nc(Cl)nc(Cl)n2)c2c(O)c(N=Nc3ccccc3)c(S(=O)(=O)O)cc2c1.[Na].[Na]. The van der Waals surface area contributed by atoms with Gasteiger partial charge in [-0.2, -0.15) is 36.9 Å². The number of aromatic nitrogens is 3. The molecule has 0 aliphatic heterocycles. The van der Waals surface area contributed by atoms with Gasteiger partial charge in [0.1, 0.15) is 10.6 Å². The minimum atomic E-state index is -5.00. The number of nitrogens with one attached hydrogen (secondary N) is 1. The zero-order chi connectivity index (χ0) is 26.3. The molecule has 4 aromatic rings. The number of phenolic OH excluding ortho intramolecular Hbond substituents is 1. The van der Waals surface area contributed by atoms with Crippen molar-refractivity contribution < 1.29 is 31.0 Å². The number of phenols is 1. The van der Waals surface area contributed by atoms with E-state index in [1.54, 1.807) is 30.3 Å². The Labute approximate surface area is 269 Å². The predicted octanol–water partition coefficient (Wildman–Crippen LogP) is 3.93. The van der Waals surface area contributed by atoms with Crippen molar-refractivity contribution in [1.82, 2.24) is 15.0 Å². The Bertz CT molecular complexity index is 1740. The van der Waals surface area contributed by atoms with E-state index in [0.29, 0.717) is 5.69 Å². The molecule has 0 spiro atoms. The van der Waals surface area contributed by atoms with E-state index in [0.717, 1.165) is 18.2 Å². The Morgan fingerprint density at radius 3 is 1.97 bits per heavy atom. The first-order valence-corrected chi connectivity index (χ1v) is 13.1. The molecular weight excluding hydrogens is 605 g/mol. The predicted molar refractivity (Wildman–Crippen MR) is 140 cm³/mol. The van der Waals surface area contributed by atoms with Crippen LogP contribution in [0.25, 0.3) is 10.8 Å². The van der Waals surface area contributed by atoms with E-state index in [1.807, 2.05) is 0 Å². The minimum absolute atomic E-state index is 0. The zero-order valence-electron chi connectivity index (χ0n) is 19.4. The summed E-state index contributed by atoms with van der Waals surface area (Å²) in [4.78, 5) is 9.59. The van der Waals surface area contributed by atoms with Gasteiger partial charge in [0.2, 0.25) is 16.5 Å². The van der Waals surface area contributed by atoms with Crippen molar-refractivity contribution in [2.24, 2.45) is 10.2 Å². The van der Waals surface area contributed by atoms with Gasteiger partial charge < -0.3 is 10.4 Å². The van der Waals surface area contributed by atoms with E-state index in [-0.39, 0.29) is 92.1 Å². The molecule has 0 saturated carbocycles. The molecule has 1 heterocycles. The molecule has 1 aromatic heterocycles. The maximum absolute atomic E-state index is 12.1. The molecule has 0 saturated heterocycles. The van der Waals surface area contributed by atoms with E-state index in [2.05, 4.69) is 30.5 Å². The van der Waals surface area contributed by atoms with Crippen LogP contribution in [0.15, 0.2) is 68.6 Å². The Hall–Kier alpha value is -1.47. The Balaban J connectivity index is 0.00000253. The van der Waals surface area contributed by atoms with Crippen molar-refractivity contribution in [3.05, 3.63) is 59.1 Å². The van der Waals surface area contributed by atoms with Crippen molar-refractivity contribution in [3.63, 3.8) is 0 Å². The van der Waals surface area contributed by atoms with Gasteiger partial charge in [0.15, 0.2) is 5.75 Å². The van der Waals surface area contributed by atoms with Gasteiger partial charge in [-0.25, -0.2) is 0 Å². The fourth-order valence-corrected chi connectivity index (χ4v) is 4.67. The largest absolute Gasteiger partial charge is 0.505 e. The number of halogens is 2. The third-order valence-electron chi connectivity index (χ3n) is 4.55. The number of azo groups is 1. The van der Waals surface area contributed by atoms with Gasteiger partial charge in [0.25, 0.3) is 20.2 Å². The number of rotatable bonds is 6. The average Bonchev–Trinajstić information content (AvgIpc) is 2.76. The molecule has 38 heavy (non-hydrogen) atoms. The van der Waals surface area contributed by atoms with Gasteiger partial charge >= 0.3 is 0 Å². The second-order valence-electron chi connectivity index (χ2n) is 6.95. The molecule has 0 bridgehead atoms. The van der Waals surface area contributed by atoms with E-state index < -0.39 is 41.5 Å². The molecule has 0 fully saturated rings. The van der Waals surface area contributed by atoms with Crippen LogP contribution in [-0.2, 0) is 20.2 Å². The molecule has 0 aliphatic carbocycles. The van der Waals surface area contributed by atoms with E-state index in [1.165, 1.54) is 0 Å². The first-order chi connectivity index (χ1) is 16.8. The van der Waals surface area contributed by atoms with Crippen LogP contribution in [-0.4, -0.2) is 105 Å². The van der Waals surface area contributed by atoms with Crippen LogP contribution in [0.3, 0.4) is 0 Å². The van der Waals surface area contributed by atoms with Gasteiger partial charge in [0.05, 0.1) is 16.3 Å². The summed E-state index contributed by atoms with van der Waals surface area (Å²) in [5, 5.41) is 20.3. The normalized spacial score (nSPS) is 11.7. The Morgan fingerprint density at radius 2 is 1.42 bits per heavy atom. The van der Waals surface area contributed by atoms with Crippen molar-refractivity contribution in [1.29, 1.82) is 0 Å². The summed E-state index contributed by atoms with van der Waals surface area (Å²) in [6.45, 7) is 0. The van der Waals surface area contributed by atoms with Crippen molar-refractivity contribution in [3.8, 4) is 5.75 Å². The molecule has 4 rings (SSSR count). The Morgan fingerprint density at radius 1 is 0.816 bits per heavy atom. The molecule has 3 aromatic carbocycles. The third kappa shape index (κ3) is 7.59. The summed E-state index contributed by atoms with van der Waals surface area (Å²) in [7, 11) is -9.82. The summed E-state index contributed by atoms with van der Waals surface area (Å²) in [5.41, 5.74) is -0.579. The van der Waals surface area contributed by atoms with Gasteiger partial charge in [-0.15, -0.1) is 5.11 Å². The summed E-state index contributed by atoms with van der Waals surface area (Å²) < 4.78 is 67.3. The number of aromatic hydroxyl groups is 1. The summed E-state index contributed by atoms with van der Waals surface area (Å²) in [6.07, 6.45) is 0. The van der Waals surface area contributed by atoms with Crippen LogP contribution >= 0.6 is 23.2 Å². The van der Waals surface area contributed by atoms with Crippen molar-refractivity contribution in [2.75, 3.05) is 5.32 Å². The van der Waals surface area contributed by atoms with Crippen LogP contribution in [0.4, 0.5) is 23.0 Å². The van der Waals surface area contributed by atoms with Crippen LogP contribution in [0.5, 0.6) is 5.75 Å². The molecular formula is C19H12Cl2N6Na2O7S2. The molecule has 0 aliphatic rings. The molecule has 13 nitrogen and oxygen atoms in total. The van der Waals surface area contributed by atoms with E-state index in [9.17, 15) is 31.0 Å². The van der Waals surface area contributed by atoms with Crippen molar-refractivity contribution in [2.45, 2.75) is 9.79 Å². The number of hydrogen-bond acceptors (Lipinski definition) is 11. The van der Waals surface area contributed by atoms with Gasteiger partial charge in [-0.1, -0.05) is 18.2 Å². The second-order valence-corrected chi connectivity index (χ2v) is 10.4. The maximum Gasteiger partial charge on any atom is 0.296 e. The maximum atomic E-state index is 12.1. The molecule has 0 atom stereocenters. The number of benzene rings is 3. The molecule has 188 valence electrons. The van der Waals surface area contributed by atoms with E-state index >= 15 is 0 Å². The summed E-state index contributed by atoms with van der Waals surface area (Å²) in [6, 6.07) is 10.7. The van der Waals surface area contributed by atoms with Crippen LogP contribution < -0.4 is 5.32 Å². The molecule has 19 heteroatoms. The van der Waals surface area contributed by atoms with Gasteiger partial charge in [-0.3, -0.25) is 9.11 Å². The fraction of sp³-hybridized carbons (Fsp3) is 0. The number of hydrogen-bond donors (Lipinski definition) is 4. The summed E-state index contributed by atoms with van der Waals surface area (Å²) >= 11 is 11.5. The second kappa shape index (κ2) is 12.8. The Kier molecular flexibility index (Phi) is 11.0. The van der Waals surface area contributed by atoms with Crippen LogP contribution in [0.1, 0.15) is 0 Å². The minimum Gasteiger partial charge on any atom is -0.505 e. The first kappa shape index (κ1) is 32.7. The molecule has 2 radical (unpaired) electrons. The fourth-order valence-electron chi connectivity index (χ4n) is 3.11. The van der Waals surface area contributed by atoms with Crippen LogP contribution in [0, 0.1) is 0 Å². The molecule has 4 N–H and O–H groups in total. The zero-order valence-corrected chi connectivity index (χ0v) is 26.5. The van der Waals surface area contributed by atoms with Crippen LogP contribution in [0.2, 0.25) is 10.6 Å². The standard InChI is InChI=1S/C19H12Cl2N6O7S2.2Na/c20-17-23-18(21)25-19(24-17)22-12-8-11(35(29,30)31)6-9-7-13(36(32,33)34)15(16(28)14(9)12)27-26-10-4-2-1-3-5-10;;/h1-8,28H,(H,29,30,31)(H,32,33,34)(H,22,23,24,25);;. The van der Waals surface area contributed by atoms with Crippen molar-refractivity contribution >= 4 is 136 Å². The average molecular weight is 617 g/mol.